The van der Waals surface area contributed by atoms with Crippen LogP contribution in [0.3, 0.4) is 0 Å². The third-order valence-electron chi connectivity index (χ3n) is 5.60. The van der Waals surface area contributed by atoms with E-state index in [-0.39, 0.29) is 33.9 Å². The van der Waals surface area contributed by atoms with Crippen molar-refractivity contribution in [2.75, 3.05) is 0 Å². The van der Waals surface area contributed by atoms with Crippen LogP contribution in [0.2, 0.25) is 0 Å². The number of carboxylic acid groups (broad SMARTS) is 3. The lowest BCUT2D eigenvalue weighted by Gasteiger charge is -2.12. The van der Waals surface area contributed by atoms with Crippen molar-refractivity contribution in [3.8, 4) is 17.2 Å². The van der Waals surface area contributed by atoms with Crippen LogP contribution in [0.25, 0.3) is 0 Å². The number of carbonyl (C=O) groups excluding carboxylic acids is 3. The second-order valence-corrected chi connectivity index (χ2v) is 8.37. The first kappa shape index (κ1) is 28.7. The first-order valence-electron chi connectivity index (χ1n) is 11.8. The summed E-state index contributed by atoms with van der Waals surface area (Å²) in [5, 5.41) is 28.2. The van der Waals surface area contributed by atoms with Crippen molar-refractivity contribution in [1.82, 2.24) is 0 Å². The van der Waals surface area contributed by atoms with Crippen LogP contribution in [0.5, 0.6) is 17.2 Å². The van der Waals surface area contributed by atoms with Crippen LogP contribution < -0.4 is 14.2 Å². The number of esters is 3. The number of rotatable bonds is 9. The Bertz CT molecular complexity index is 1540. The van der Waals surface area contributed by atoms with Gasteiger partial charge in [-0.3, -0.25) is 0 Å². The van der Waals surface area contributed by atoms with E-state index in [9.17, 15) is 44.1 Å². The molecule has 0 aromatic heterocycles. The Morgan fingerprint density at radius 2 is 0.643 bits per heavy atom. The average molecular weight is 570 g/mol. The molecule has 0 aliphatic rings. The molecule has 0 bridgehead atoms. The molecular formula is C30H18O12. The summed E-state index contributed by atoms with van der Waals surface area (Å²) in [5.74, 6) is -8.59. The van der Waals surface area contributed by atoms with Gasteiger partial charge in [-0.25, -0.2) is 28.8 Å². The van der Waals surface area contributed by atoms with Gasteiger partial charge in [0.05, 0.1) is 16.7 Å². The monoisotopic (exact) mass is 570 g/mol. The van der Waals surface area contributed by atoms with Crippen LogP contribution in [0.1, 0.15) is 62.1 Å². The van der Waals surface area contributed by atoms with Gasteiger partial charge >= 0.3 is 35.8 Å². The molecule has 12 heteroatoms. The Labute approximate surface area is 235 Å². The summed E-state index contributed by atoms with van der Waals surface area (Å²) in [4.78, 5) is 73.8. The molecule has 0 atom stereocenters. The maximum absolute atomic E-state index is 13.1. The lowest BCUT2D eigenvalue weighted by atomic mass is 10.1. The predicted octanol–water partition coefficient (Wildman–Crippen LogP) is 4.44. The molecule has 0 amide bonds. The number of hydrogen-bond acceptors (Lipinski definition) is 9. The van der Waals surface area contributed by atoms with Gasteiger partial charge in [-0.15, -0.1) is 0 Å². The minimum Gasteiger partial charge on any atom is -0.478 e. The van der Waals surface area contributed by atoms with Crippen molar-refractivity contribution in [1.29, 1.82) is 0 Å². The van der Waals surface area contributed by atoms with E-state index < -0.39 is 52.5 Å². The lowest BCUT2D eigenvalue weighted by Crippen LogP contribution is -2.18. The Kier molecular flexibility index (Phi) is 8.38. The van der Waals surface area contributed by atoms with E-state index in [4.69, 9.17) is 14.2 Å². The zero-order valence-corrected chi connectivity index (χ0v) is 21.2. The molecule has 3 N–H and O–H groups in total. The molecule has 4 rings (SSSR count). The number of aromatic carboxylic acids is 3. The summed E-state index contributed by atoms with van der Waals surface area (Å²) in [5.41, 5.74) is -2.23. The fourth-order valence-electron chi connectivity index (χ4n) is 3.65. The first-order chi connectivity index (χ1) is 20.0. The minimum absolute atomic E-state index is 0.321. The highest BCUT2D eigenvalue weighted by Crippen LogP contribution is 2.24. The van der Waals surface area contributed by atoms with E-state index in [0.717, 1.165) is 18.2 Å². The van der Waals surface area contributed by atoms with Gasteiger partial charge < -0.3 is 29.5 Å². The second-order valence-electron chi connectivity index (χ2n) is 8.37. The van der Waals surface area contributed by atoms with Gasteiger partial charge in [-0.2, -0.15) is 0 Å². The molecule has 0 fully saturated rings. The molecule has 0 saturated heterocycles. The average Bonchev–Trinajstić information content (AvgIpc) is 2.97. The van der Waals surface area contributed by atoms with E-state index >= 15 is 0 Å². The van der Waals surface area contributed by atoms with E-state index in [1.165, 1.54) is 72.8 Å². The Morgan fingerprint density at radius 1 is 0.405 bits per heavy atom. The molecule has 12 nitrogen and oxygen atoms in total. The van der Waals surface area contributed by atoms with Crippen LogP contribution >= 0.6 is 0 Å². The van der Waals surface area contributed by atoms with Gasteiger partial charge in [-0.05, 0) is 54.6 Å². The van der Waals surface area contributed by atoms with Gasteiger partial charge in [0, 0.05) is 0 Å². The molecule has 42 heavy (non-hydrogen) atoms. The van der Waals surface area contributed by atoms with E-state index in [1.807, 2.05) is 0 Å². The molecule has 0 unspecified atom stereocenters. The molecule has 0 aliphatic heterocycles. The summed E-state index contributed by atoms with van der Waals surface area (Å²) < 4.78 is 15.7. The van der Waals surface area contributed by atoms with Crippen LogP contribution in [0.4, 0.5) is 0 Å². The summed E-state index contributed by atoms with van der Waals surface area (Å²) in [7, 11) is 0. The number of para-hydroxylation sites is 3. The number of hydrogen-bond donors (Lipinski definition) is 3. The van der Waals surface area contributed by atoms with Gasteiger partial charge in [0.2, 0.25) is 0 Å². The standard InChI is InChI=1S/C30H18O12/c31-25(32)19-7-1-4-10-22(19)40-28(37)16-13-17(29(38)41-23-11-5-2-8-20(23)26(33)34)15-18(14-16)30(39)42-24-12-6-3-9-21(24)27(35)36/h1-15H,(H,31,32)(H,33,34)(H,35,36). The van der Waals surface area contributed by atoms with Crippen LogP contribution in [0, 0.1) is 0 Å². The highest BCUT2D eigenvalue weighted by Gasteiger charge is 2.23. The molecule has 0 spiro atoms. The molecule has 4 aromatic rings. The third-order valence-corrected chi connectivity index (χ3v) is 5.60. The van der Waals surface area contributed by atoms with Gasteiger partial charge in [0.15, 0.2) is 0 Å². The predicted molar refractivity (Wildman–Crippen MR) is 142 cm³/mol. The zero-order chi connectivity index (χ0) is 30.4. The molecule has 210 valence electrons. The van der Waals surface area contributed by atoms with Crippen molar-refractivity contribution in [2.24, 2.45) is 0 Å². The summed E-state index contributed by atoms with van der Waals surface area (Å²) in [6.07, 6.45) is 0. The molecule has 0 saturated carbocycles. The highest BCUT2D eigenvalue weighted by molar-refractivity contribution is 6.03. The van der Waals surface area contributed by atoms with Crippen molar-refractivity contribution in [3.63, 3.8) is 0 Å². The fraction of sp³-hybridized carbons (Fsp3) is 0. The summed E-state index contributed by atoms with van der Waals surface area (Å²) in [6, 6.07) is 18.7. The Balaban J connectivity index is 1.74. The van der Waals surface area contributed by atoms with Gasteiger partial charge in [0.25, 0.3) is 0 Å². The van der Waals surface area contributed by atoms with Crippen molar-refractivity contribution in [3.05, 3.63) is 124 Å². The van der Waals surface area contributed by atoms with Crippen molar-refractivity contribution < 1.29 is 58.3 Å². The number of carbonyl (C=O) groups is 6. The minimum atomic E-state index is -1.38. The van der Waals surface area contributed by atoms with E-state index in [1.54, 1.807) is 0 Å². The zero-order valence-electron chi connectivity index (χ0n) is 21.2. The maximum atomic E-state index is 13.1. The smallest absolute Gasteiger partial charge is 0.343 e. The van der Waals surface area contributed by atoms with E-state index in [0.29, 0.717) is 0 Å². The molecule has 0 aliphatic carbocycles. The maximum Gasteiger partial charge on any atom is 0.343 e. The quantitative estimate of drug-likeness (QED) is 0.190. The van der Waals surface area contributed by atoms with Crippen molar-refractivity contribution >= 4 is 35.8 Å². The normalized spacial score (nSPS) is 10.3. The third kappa shape index (κ3) is 6.46. The Morgan fingerprint density at radius 3 is 0.881 bits per heavy atom. The SMILES string of the molecule is O=C(Oc1ccccc1C(=O)O)c1cc(C(=O)Oc2ccccc2C(=O)O)cc(C(=O)Oc2ccccc2C(=O)O)c1. The van der Waals surface area contributed by atoms with Crippen LogP contribution in [-0.2, 0) is 0 Å². The van der Waals surface area contributed by atoms with E-state index in [2.05, 4.69) is 0 Å². The lowest BCUT2D eigenvalue weighted by molar-refractivity contribution is 0.0664. The summed E-state index contributed by atoms with van der Waals surface area (Å²) >= 11 is 0. The molecule has 0 radical (unpaired) electrons. The molecule has 0 heterocycles. The number of carboxylic acids is 3. The van der Waals surface area contributed by atoms with Crippen LogP contribution in [0.15, 0.2) is 91.0 Å². The topological polar surface area (TPSA) is 191 Å². The van der Waals surface area contributed by atoms with Crippen molar-refractivity contribution in [2.45, 2.75) is 0 Å². The second kappa shape index (κ2) is 12.3. The fourth-order valence-corrected chi connectivity index (χ4v) is 3.65. The molecular weight excluding hydrogens is 552 g/mol. The van der Waals surface area contributed by atoms with Crippen LogP contribution in [-0.4, -0.2) is 51.1 Å². The first-order valence-corrected chi connectivity index (χ1v) is 11.8. The highest BCUT2D eigenvalue weighted by atomic mass is 16.5. The molecule has 4 aromatic carbocycles. The largest absolute Gasteiger partial charge is 0.478 e. The van der Waals surface area contributed by atoms with Gasteiger partial charge in [-0.1, -0.05) is 36.4 Å². The van der Waals surface area contributed by atoms with Gasteiger partial charge in [0.1, 0.15) is 33.9 Å². The number of benzene rings is 4. The number of ether oxygens (including phenoxy) is 3. The summed E-state index contributed by atoms with van der Waals surface area (Å²) in [6.45, 7) is 0. The Hall–Kier alpha value is -6.30.